The fourth-order valence-electron chi connectivity index (χ4n) is 2.10. The number of carbonyl (C=O) groups is 2. The minimum absolute atomic E-state index is 0. The average Bonchev–Trinajstić information content (AvgIpc) is 2.54. The maximum Gasteiger partial charge on any atom is 0.409 e. The van der Waals surface area contributed by atoms with Crippen molar-refractivity contribution in [2.24, 2.45) is 4.99 Å². The van der Waals surface area contributed by atoms with Gasteiger partial charge in [0.1, 0.15) is 0 Å². The number of ether oxygens (including phenoxy) is 2. The number of guanidine groups is 1. The van der Waals surface area contributed by atoms with Crippen LogP contribution < -0.4 is 5.32 Å². The van der Waals surface area contributed by atoms with Crippen LogP contribution in [0.4, 0.5) is 4.79 Å². The number of amides is 1. The van der Waals surface area contributed by atoms with E-state index in [-0.39, 0.29) is 42.5 Å². The fraction of sp³-hybridized carbons (Fsp3) is 0.786. The molecule has 0 saturated carbocycles. The Morgan fingerprint density at radius 1 is 1.13 bits per heavy atom. The second-order valence-corrected chi connectivity index (χ2v) is 4.73. The summed E-state index contributed by atoms with van der Waals surface area (Å²) in [5.41, 5.74) is 0. The van der Waals surface area contributed by atoms with Gasteiger partial charge in [-0.3, -0.25) is 9.79 Å². The number of rotatable bonds is 5. The normalized spacial score (nSPS) is 14.8. The van der Waals surface area contributed by atoms with E-state index in [4.69, 9.17) is 4.74 Å². The number of hydrogen-bond donors (Lipinski definition) is 1. The number of nitrogens with one attached hydrogen (secondary N) is 1. The number of aliphatic imine (C=N–C) groups is 1. The Kier molecular flexibility index (Phi) is 11.5. The van der Waals surface area contributed by atoms with E-state index in [0.717, 1.165) is 12.5 Å². The summed E-state index contributed by atoms with van der Waals surface area (Å²) in [4.78, 5) is 31.0. The molecule has 23 heavy (non-hydrogen) atoms. The summed E-state index contributed by atoms with van der Waals surface area (Å²) < 4.78 is 9.60. The van der Waals surface area contributed by atoms with Gasteiger partial charge in [-0.05, 0) is 13.8 Å². The summed E-state index contributed by atoms with van der Waals surface area (Å²) in [6.07, 6.45) is -0.0106. The molecule has 0 aromatic heterocycles. The highest BCUT2D eigenvalue weighted by molar-refractivity contribution is 14.0. The second-order valence-electron chi connectivity index (χ2n) is 4.73. The first-order valence-electron chi connectivity index (χ1n) is 7.64. The van der Waals surface area contributed by atoms with Crippen molar-refractivity contribution in [1.29, 1.82) is 0 Å². The quantitative estimate of drug-likeness (QED) is 0.295. The Morgan fingerprint density at radius 3 is 2.26 bits per heavy atom. The van der Waals surface area contributed by atoms with Gasteiger partial charge in [-0.25, -0.2) is 4.79 Å². The molecule has 0 bridgehead atoms. The molecule has 1 heterocycles. The van der Waals surface area contributed by atoms with Crippen molar-refractivity contribution < 1.29 is 19.1 Å². The molecule has 0 unspecified atom stereocenters. The number of nitrogens with zero attached hydrogens (tertiary/aromatic N) is 3. The van der Waals surface area contributed by atoms with Gasteiger partial charge in [-0.15, -0.1) is 24.0 Å². The van der Waals surface area contributed by atoms with Gasteiger partial charge in [0.05, 0.1) is 26.7 Å². The molecule has 0 atom stereocenters. The van der Waals surface area contributed by atoms with Crippen LogP contribution in [0.2, 0.25) is 0 Å². The second kappa shape index (κ2) is 12.2. The van der Waals surface area contributed by atoms with Gasteiger partial charge >= 0.3 is 12.1 Å². The van der Waals surface area contributed by atoms with Crippen molar-refractivity contribution in [3.63, 3.8) is 0 Å². The zero-order valence-electron chi connectivity index (χ0n) is 14.0. The molecule has 0 aromatic carbocycles. The van der Waals surface area contributed by atoms with Crippen LogP contribution in [-0.4, -0.2) is 80.8 Å². The van der Waals surface area contributed by atoms with E-state index >= 15 is 0 Å². The molecule has 134 valence electrons. The van der Waals surface area contributed by atoms with Crippen LogP contribution in [0, 0.1) is 0 Å². The van der Waals surface area contributed by atoms with E-state index in [2.05, 4.69) is 19.9 Å². The van der Waals surface area contributed by atoms with Crippen LogP contribution in [0.15, 0.2) is 4.99 Å². The third-order valence-corrected chi connectivity index (χ3v) is 3.25. The van der Waals surface area contributed by atoms with E-state index in [1.54, 1.807) is 11.8 Å². The van der Waals surface area contributed by atoms with Crippen molar-refractivity contribution in [3.8, 4) is 0 Å². The van der Waals surface area contributed by atoms with Crippen LogP contribution in [0.25, 0.3) is 0 Å². The molecule has 0 radical (unpaired) electrons. The Balaban J connectivity index is 0.00000484. The number of methoxy groups -OCH3 is 1. The molecule has 1 amide bonds. The number of esters is 1. The molecular formula is C14H27IN4O4. The van der Waals surface area contributed by atoms with Gasteiger partial charge in [0.25, 0.3) is 0 Å². The molecule has 1 aliphatic rings. The first-order valence-corrected chi connectivity index (χ1v) is 7.64. The van der Waals surface area contributed by atoms with Crippen molar-refractivity contribution in [2.45, 2.75) is 20.3 Å². The van der Waals surface area contributed by atoms with Crippen molar-refractivity contribution in [3.05, 3.63) is 0 Å². The molecule has 0 aliphatic carbocycles. The maximum atomic E-state index is 11.7. The van der Waals surface area contributed by atoms with Crippen LogP contribution in [0.1, 0.15) is 20.3 Å². The van der Waals surface area contributed by atoms with Gasteiger partial charge in [0.2, 0.25) is 0 Å². The molecule has 0 aromatic rings. The summed E-state index contributed by atoms with van der Waals surface area (Å²) in [5.74, 6) is 0.488. The van der Waals surface area contributed by atoms with Crippen LogP contribution in [0.5, 0.6) is 0 Å². The van der Waals surface area contributed by atoms with Gasteiger partial charge in [0, 0.05) is 32.7 Å². The predicted octanol–water partition coefficient (Wildman–Crippen LogP) is 0.907. The number of hydrogen-bond acceptors (Lipinski definition) is 5. The van der Waals surface area contributed by atoms with E-state index in [1.807, 2.05) is 6.92 Å². The molecule has 1 aliphatic heterocycles. The molecule has 1 fully saturated rings. The van der Waals surface area contributed by atoms with Gasteiger partial charge < -0.3 is 24.6 Å². The number of halogens is 1. The van der Waals surface area contributed by atoms with E-state index in [1.165, 1.54) is 7.11 Å². The average molecular weight is 442 g/mol. The first-order chi connectivity index (χ1) is 10.6. The van der Waals surface area contributed by atoms with Crippen LogP contribution in [0.3, 0.4) is 0 Å². The van der Waals surface area contributed by atoms with Crippen LogP contribution >= 0.6 is 24.0 Å². The van der Waals surface area contributed by atoms with Gasteiger partial charge in [-0.1, -0.05) is 0 Å². The largest absolute Gasteiger partial charge is 0.469 e. The first kappa shape index (κ1) is 21.7. The van der Waals surface area contributed by atoms with Gasteiger partial charge in [-0.2, -0.15) is 0 Å². The Labute approximate surface area is 154 Å². The zero-order valence-corrected chi connectivity index (χ0v) is 16.4. The smallest absolute Gasteiger partial charge is 0.409 e. The van der Waals surface area contributed by atoms with Crippen molar-refractivity contribution in [2.75, 3.05) is 53.0 Å². The maximum absolute atomic E-state index is 11.7. The molecule has 8 nitrogen and oxygen atoms in total. The zero-order chi connectivity index (χ0) is 16.4. The third-order valence-electron chi connectivity index (χ3n) is 3.25. The highest BCUT2D eigenvalue weighted by atomic mass is 127. The monoisotopic (exact) mass is 442 g/mol. The fourth-order valence-corrected chi connectivity index (χ4v) is 2.10. The molecule has 1 rings (SSSR count). The summed E-state index contributed by atoms with van der Waals surface area (Å²) in [6.45, 7) is 7.86. The lowest BCUT2D eigenvalue weighted by atomic mass is 10.3. The lowest BCUT2D eigenvalue weighted by Gasteiger charge is -2.35. The van der Waals surface area contributed by atoms with E-state index < -0.39 is 0 Å². The van der Waals surface area contributed by atoms with E-state index in [9.17, 15) is 9.59 Å². The molecule has 1 N–H and O–H groups in total. The Hall–Kier alpha value is -1.26. The Morgan fingerprint density at radius 2 is 1.74 bits per heavy atom. The summed E-state index contributed by atoms with van der Waals surface area (Å²) in [6, 6.07) is 0. The standard InChI is InChI=1S/C14H26N4O4.HI/c1-4-15-13(16-7-6-12(19)21-3)17-8-10-18(11-9-17)14(20)22-5-2;/h4-11H2,1-3H3,(H,15,16);1H. The van der Waals surface area contributed by atoms with E-state index in [0.29, 0.717) is 39.3 Å². The Bertz CT molecular complexity index is 398. The highest BCUT2D eigenvalue weighted by Gasteiger charge is 2.23. The predicted molar refractivity (Wildman–Crippen MR) is 98.2 cm³/mol. The minimum atomic E-state index is -0.272. The van der Waals surface area contributed by atoms with Gasteiger partial charge in [0.15, 0.2) is 5.96 Å². The summed E-state index contributed by atoms with van der Waals surface area (Å²) in [5, 5.41) is 3.20. The summed E-state index contributed by atoms with van der Waals surface area (Å²) in [7, 11) is 1.37. The lowest BCUT2D eigenvalue weighted by molar-refractivity contribution is -0.140. The van der Waals surface area contributed by atoms with Crippen LogP contribution in [-0.2, 0) is 14.3 Å². The molecular weight excluding hydrogens is 415 g/mol. The highest BCUT2D eigenvalue weighted by Crippen LogP contribution is 2.04. The number of piperazine rings is 1. The molecule has 9 heteroatoms. The summed E-state index contributed by atoms with van der Waals surface area (Å²) >= 11 is 0. The lowest BCUT2D eigenvalue weighted by Crippen LogP contribution is -2.53. The topological polar surface area (TPSA) is 83.5 Å². The third kappa shape index (κ3) is 7.71. The SMILES string of the molecule is CCNC(=NCCC(=O)OC)N1CCN(C(=O)OCC)CC1.I. The van der Waals surface area contributed by atoms with Crippen molar-refractivity contribution >= 4 is 42.0 Å². The number of carbonyl (C=O) groups excluding carboxylic acids is 2. The van der Waals surface area contributed by atoms with Crippen molar-refractivity contribution in [1.82, 2.24) is 15.1 Å². The molecule has 0 spiro atoms. The minimum Gasteiger partial charge on any atom is -0.469 e. The molecule has 1 saturated heterocycles.